The van der Waals surface area contributed by atoms with Gasteiger partial charge in [0.05, 0.1) is 17.9 Å². The Labute approximate surface area is 179 Å². The Balaban J connectivity index is 1.46. The monoisotopic (exact) mass is 408 g/mol. The van der Waals surface area contributed by atoms with Gasteiger partial charge in [0.25, 0.3) is 5.91 Å². The Morgan fingerprint density at radius 2 is 1.67 bits per heavy atom. The lowest BCUT2D eigenvalue weighted by molar-refractivity contribution is -0.164. The molecule has 0 heterocycles. The Kier molecular flexibility index (Phi) is 5.61. The predicted molar refractivity (Wildman–Crippen MR) is 113 cm³/mol. The Morgan fingerprint density at radius 3 is 2.20 bits per heavy atom. The minimum atomic E-state index is -0.820. The van der Waals surface area contributed by atoms with E-state index >= 15 is 0 Å². The van der Waals surface area contributed by atoms with Crippen molar-refractivity contribution in [2.24, 2.45) is 17.8 Å². The minimum absolute atomic E-state index is 0.135. The van der Waals surface area contributed by atoms with Crippen LogP contribution < -0.4 is 0 Å². The van der Waals surface area contributed by atoms with Gasteiger partial charge < -0.3 is 9.64 Å². The van der Waals surface area contributed by atoms with Gasteiger partial charge in [0, 0.05) is 12.1 Å². The summed E-state index contributed by atoms with van der Waals surface area (Å²) in [4.78, 5) is 28.0. The summed E-state index contributed by atoms with van der Waals surface area (Å²) in [5, 5.41) is 9.16. The second-order valence-electron chi connectivity index (χ2n) is 10.2. The molecule has 4 saturated carbocycles. The lowest BCUT2D eigenvalue weighted by Crippen LogP contribution is -2.62. The smallest absolute Gasteiger partial charge is 0.316 e. The van der Waals surface area contributed by atoms with Crippen LogP contribution in [0.2, 0.25) is 0 Å². The third-order valence-corrected chi connectivity index (χ3v) is 7.66. The molecule has 30 heavy (non-hydrogen) atoms. The van der Waals surface area contributed by atoms with Gasteiger partial charge >= 0.3 is 5.97 Å². The van der Waals surface area contributed by atoms with Crippen molar-refractivity contribution in [2.75, 3.05) is 13.2 Å². The van der Waals surface area contributed by atoms with Crippen molar-refractivity contribution in [1.29, 1.82) is 5.26 Å². The molecule has 160 valence electrons. The molecule has 0 N–H and O–H groups in total. The summed E-state index contributed by atoms with van der Waals surface area (Å²) in [7, 11) is 0. The van der Waals surface area contributed by atoms with Gasteiger partial charge in [-0.05, 0) is 75.7 Å². The van der Waals surface area contributed by atoms with E-state index in [0.717, 1.165) is 24.8 Å². The van der Waals surface area contributed by atoms with E-state index in [1.807, 2.05) is 49.1 Å². The molecule has 1 amide bonds. The van der Waals surface area contributed by atoms with Crippen LogP contribution in [0, 0.1) is 29.1 Å². The molecular weight excluding hydrogens is 376 g/mol. The molecule has 0 unspecified atom stereocenters. The fourth-order valence-corrected chi connectivity index (χ4v) is 6.54. The highest BCUT2D eigenvalue weighted by Crippen LogP contribution is 2.57. The van der Waals surface area contributed by atoms with Crippen LogP contribution in [0.3, 0.4) is 0 Å². The molecule has 5 heteroatoms. The maximum atomic E-state index is 13.3. The number of amides is 1. The van der Waals surface area contributed by atoms with E-state index in [1.54, 1.807) is 0 Å². The molecule has 0 spiro atoms. The molecule has 0 atom stereocenters. The number of benzene rings is 1. The molecule has 1 aromatic rings. The number of esters is 1. The Hall–Kier alpha value is -2.35. The second-order valence-corrected chi connectivity index (χ2v) is 10.2. The molecule has 4 fully saturated rings. The first-order chi connectivity index (χ1) is 14.3. The van der Waals surface area contributed by atoms with Crippen LogP contribution in [0.4, 0.5) is 0 Å². The largest absolute Gasteiger partial charge is 0.455 e. The zero-order valence-corrected chi connectivity index (χ0v) is 18.1. The molecule has 4 bridgehead atoms. The van der Waals surface area contributed by atoms with Gasteiger partial charge in [0.1, 0.15) is 0 Å². The summed E-state index contributed by atoms with van der Waals surface area (Å²) in [5.41, 5.74) is -0.0890. The van der Waals surface area contributed by atoms with Crippen molar-refractivity contribution in [3.8, 4) is 6.07 Å². The molecular formula is C25H32N2O3. The van der Waals surface area contributed by atoms with Gasteiger partial charge in [0.15, 0.2) is 6.61 Å². The van der Waals surface area contributed by atoms with Gasteiger partial charge in [-0.2, -0.15) is 5.26 Å². The third-order valence-electron chi connectivity index (χ3n) is 7.66. The summed E-state index contributed by atoms with van der Waals surface area (Å²) < 4.78 is 5.53. The highest BCUT2D eigenvalue weighted by molar-refractivity contribution is 5.86. The van der Waals surface area contributed by atoms with E-state index in [9.17, 15) is 9.59 Å². The summed E-state index contributed by atoms with van der Waals surface area (Å²) in [5.74, 6) is 1.56. The maximum Gasteiger partial charge on any atom is 0.316 e. The molecule has 4 aliphatic rings. The zero-order chi connectivity index (χ0) is 21.4. The predicted octanol–water partition coefficient (Wildman–Crippen LogP) is 4.22. The summed E-state index contributed by atoms with van der Waals surface area (Å²) >= 11 is 0. The van der Waals surface area contributed by atoms with Crippen LogP contribution in [0.15, 0.2) is 30.3 Å². The normalized spacial score (nSPS) is 29.3. The second kappa shape index (κ2) is 8.06. The Morgan fingerprint density at radius 1 is 1.10 bits per heavy atom. The summed E-state index contributed by atoms with van der Waals surface area (Å²) in [6.45, 7) is 3.83. The zero-order valence-electron chi connectivity index (χ0n) is 18.1. The molecule has 0 saturated heterocycles. The minimum Gasteiger partial charge on any atom is -0.455 e. The quantitative estimate of drug-likeness (QED) is 0.634. The highest BCUT2D eigenvalue weighted by atomic mass is 16.5. The molecule has 0 radical (unpaired) electrons. The van der Waals surface area contributed by atoms with Crippen molar-refractivity contribution < 1.29 is 14.3 Å². The van der Waals surface area contributed by atoms with Crippen LogP contribution in [0.1, 0.15) is 64.4 Å². The van der Waals surface area contributed by atoms with E-state index in [1.165, 1.54) is 19.3 Å². The average molecular weight is 409 g/mol. The van der Waals surface area contributed by atoms with Crippen molar-refractivity contribution >= 4 is 11.9 Å². The molecule has 5 nitrogen and oxygen atoms in total. The molecule has 0 aromatic heterocycles. The van der Waals surface area contributed by atoms with Gasteiger partial charge in [-0.25, -0.2) is 0 Å². The average Bonchev–Trinajstić information content (AvgIpc) is 2.71. The first kappa shape index (κ1) is 20.9. The van der Waals surface area contributed by atoms with E-state index in [2.05, 4.69) is 6.07 Å². The molecule has 1 aromatic carbocycles. The number of rotatable bonds is 7. The third kappa shape index (κ3) is 3.85. The van der Waals surface area contributed by atoms with Gasteiger partial charge in [-0.1, -0.05) is 30.3 Å². The summed E-state index contributed by atoms with van der Waals surface area (Å²) in [6, 6.07) is 11.7. The lowest BCUT2D eigenvalue weighted by Gasteiger charge is -2.60. The van der Waals surface area contributed by atoms with E-state index in [4.69, 9.17) is 10.00 Å². The number of nitrogens with zero attached hydrogens (tertiary/aromatic N) is 2. The first-order valence-corrected chi connectivity index (χ1v) is 11.2. The van der Waals surface area contributed by atoms with Crippen LogP contribution >= 0.6 is 0 Å². The fourth-order valence-electron chi connectivity index (χ4n) is 6.54. The number of hydrogen-bond donors (Lipinski definition) is 0. The van der Waals surface area contributed by atoms with Crippen molar-refractivity contribution in [3.63, 3.8) is 0 Å². The standard InChI is InChI=1S/C25H32N2O3/c1-24(2,21-7-4-3-5-8-21)23(29)30-17-22(28)27(10-6-9-26)25-14-18-11-19(15-25)13-20(12-18)16-25/h3-5,7-8,18-20H,6,10-17H2,1-2H3. The molecule has 4 aliphatic carbocycles. The van der Waals surface area contributed by atoms with Crippen molar-refractivity contribution in [2.45, 2.75) is 69.7 Å². The van der Waals surface area contributed by atoms with Gasteiger partial charge in [-0.3, -0.25) is 9.59 Å². The van der Waals surface area contributed by atoms with E-state index in [0.29, 0.717) is 30.7 Å². The lowest BCUT2D eigenvalue weighted by atomic mass is 9.52. The number of carbonyl (C=O) groups is 2. The number of nitriles is 1. The first-order valence-electron chi connectivity index (χ1n) is 11.2. The van der Waals surface area contributed by atoms with Gasteiger partial charge in [0.2, 0.25) is 0 Å². The van der Waals surface area contributed by atoms with Crippen molar-refractivity contribution in [1.82, 2.24) is 4.90 Å². The van der Waals surface area contributed by atoms with Crippen molar-refractivity contribution in [3.05, 3.63) is 35.9 Å². The Bertz CT molecular complexity index is 804. The van der Waals surface area contributed by atoms with Crippen LogP contribution in [-0.2, 0) is 19.7 Å². The topological polar surface area (TPSA) is 70.4 Å². The van der Waals surface area contributed by atoms with Crippen LogP contribution in [0.5, 0.6) is 0 Å². The number of carbonyl (C=O) groups excluding carboxylic acids is 2. The maximum absolute atomic E-state index is 13.3. The van der Waals surface area contributed by atoms with Gasteiger partial charge in [-0.15, -0.1) is 0 Å². The van der Waals surface area contributed by atoms with Crippen LogP contribution in [0.25, 0.3) is 0 Å². The van der Waals surface area contributed by atoms with E-state index in [-0.39, 0.29) is 18.1 Å². The van der Waals surface area contributed by atoms with Crippen LogP contribution in [-0.4, -0.2) is 35.5 Å². The molecule has 0 aliphatic heterocycles. The molecule has 5 rings (SSSR count). The summed E-state index contributed by atoms with van der Waals surface area (Å²) in [6.07, 6.45) is 7.31. The number of ether oxygens (including phenoxy) is 1. The SMILES string of the molecule is CC(C)(C(=O)OCC(=O)N(CCC#N)C12CC3CC(CC(C3)C1)C2)c1ccccc1. The van der Waals surface area contributed by atoms with E-state index < -0.39 is 11.4 Å². The number of hydrogen-bond acceptors (Lipinski definition) is 4. The highest BCUT2D eigenvalue weighted by Gasteiger charge is 2.54. The fraction of sp³-hybridized carbons (Fsp3) is 0.640.